The molecule has 1 fully saturated rings. The molecular weight excluding hydrogens is 527 g/mol. The normalized spacial score (nSPS) is 15.6. The number of nitrogens with one attached hydrogen (secondary N) is 3. The summed E-state index contributed by atoms with van der Waals surface area (Å²) in [6, 6.07) is 11.8. The van der Waals surface area contributed by atoms with Gasteiger partial charge in [0.2, 0.25) is 0 Å². The third kappa shape index (κ3) is 5.26. The number of aromatic amines is 1. The number of aromatic nitrogens is 5. The Kier molecular flexibility index (Phi) is 7.01. The molecular formula is C25H24BrFN8O. The van der Waals surface area contributed by atoms with Crippen molar-refractivity contribution in [1.29, 1.82) is 0 Å². The Morgan fingerprint density at radius 1 is 1.22 bits per heavy atom. The Morgan fingerprint density at radius 2 is 2.11 bits per heavy atom. The summed E-state index contributed by atoms with van der Waals surface area (Å²) in [5.41, 5.74) is 8.75. The number of amides is 1. The molecule has 0 aliphatic carbocycles. The first kappa shape index (κ1) is 24.0. The zero-order chi connectivity index (χ0) is 25.1. The molecule has 0 spiro atoms. The van der Waals surface area contributed by atoms with E-state index in [1.54, 1.807) is 12.3 Å². The van der Waals surface area contributed by atoms with Gasteiger partial charge in [-0.05, 0) is 49.2 Å². The number of nitrogen functional groups attached to an aromatic ring is 1. The van der Waals surface area contributed by atoms with Crippen LogP contribution in [-0.4, -0.2) is 44.1 Å². The zero-order valence-corrected chi connectivity index (χ0v) is 20.8. The van der Waals surface area contributed by atoms with E-state index in [1.807, 2.05) is 24.3 Å². The van der Waals surface area contributed by atoms with E-state index in [4.69, 9.17) is 10.7 Å². The number of hydrogen-bond donors (Lipinski definition) is 4. The molecule has 0 bridgehead atoms. The highest BCUT2D eigenvalue weighted by Gasteiger charge is 2.21. The highest BCUT2D eigenvalue weighted by Crippen LogP contribution is 2.27. The monoisotopic (exact) mass is 550 g/mol. The fourth-order valence-electron chi connectivity index (χ4n) is 4.14. The van der Waals surface area contributed by atoms with E-state index in [0.29, 0.717) is 21.7 Å². The van der Waals surface area contributed by atoms with Crippen molar-refractivity contribution in [2.24, 2.45) is 0 Å². The Hall–Kier alpha value is -3.70. The lowest BCUT2D eigenvalue weighted by Crippen LogP contribution is -2.28. The average molecular weight is 551 g/mol. The fraction of sp³-hybridized carbons (Fsp3) is 0.240. The summed E-state index contributed by atoms with van der Waals surface area (Å²) in [6.07, 6.45) is 3.71. The van der Waals surface area contributed by atoms with Gasteiger partial charge in [-0.25, -0.2) is 19.3 Å². The number of anilines is 1. The van der Waals surface area contributed by atoms with Gasteiger partial charge in [0.15, 0.2) is 17.5 Å². The summed E-state index contributed by atoms with van der Waals surface area (Å²) < 4.78 is 14.7. The first-order valence-corrected chi connectivity index (χ1v) is 12.4. The van der Waals surface area contributed by atoms with Crippen LogP contribution in [0.15, 0.2) is 53.1 Å². The van der Waals surface area contributed by atoms with Crippen LogP contribution in [0.2, 0.25) is 0 Å². The molecule has 5 N–H and O–H groups in total. The van der Waals surface area contributed by atoms with Crippen molar-refractivity contribution < 1.29 is 9.18 Å². The molecule has 1 aliphatic rings. The van der Waals surface area contributed by atoms with Crippen molar-refractivity contribution in [1.82, 2.24) is 35.8 Å². The maximum absolute atomic E-state index is 14.1. The summed E-state index contributed by atoms with van der Waals surface area (Å²) in [6.45, 7) is 2.08. The Labute approximate surface area is 215 Å². The van der Waals surface area contributed by atoms with Gasteiger partial charge in [-0.15, -0.1) is 0 Å². The predicted molar refractivity (Wildman–Crippen MR) is 137 cm³/mol. The van der Waals surface area contributed by atoms with Crippen molar-refractivity contribution >= 4 is 27.7 Å². The molecule has 9 nitrogen and oxygen atoms in total. The van der Waals surface area contributed by atoms with Crippen LogP contribution in [0.25, 0.3) is 22.8 Å². The number of carbonyl (C=O) groups excluding carboxylic acids is 1. The van der Waals surface area contributed by atoms with Crippen LogP contribution in [0.3, 0.4) is 0 Å². The summed E-state index contributed by atoms with van der Waals surface area (Å²) in [7, 11) is 0. The molecule has 1 saturated heterocycles. The molecule has 2 aromatic heterocycles. The van der Waals surface area contributed by atoms with Gasteiger partial charge >= 0.3 is 0 Å². The van der Waals surface area contributed by atoms with Gasteiger partial charge in [0, 0.05) is 29.0 Å². The number of H-pyrrole nitrogens is 1. The topological polar surface area (TPSA) is 134 Å². The first-order valence-electron chi connectivity index (χ1n) is 11.6. The molecule has 1 atom stereocenters. The molecule has 0 saturated carbocycles. The average Bonchev–Trinajstić information content (AvgIpc) is 3.38. The zero-order valence-electron chi connectivity index (χ0n) is 19.3. The van der Waals surface area contributed by atoms with Gasteiger partial charge < -0.3 is 16.4 Å². The van der Waals surface area contributed by atoms with Gasteiger partial charge in [0.25, 0.3) is 5.91 Å². The van der Waals surface area contributed by atoms with Crippen molar-refractivity contribution in [2.45, 2.75) is 25.3 Å². The SMILES string of the molecule is Nc1ncc(-c2cccc(CNC(=O)c3ccc(Br)cc3F)c2)nc1-c1nc([C@H]2CCCNC2)n[nH]1. The molecule has 0 unspecified atom stereocenters. The van der Waals surface area contributed by atoms with E-state index in [9.17, 15) is 9.18 Å². The summed E-state index contributed by atoms with van der Waals surface area (Å²) in [4.78, 5) is 26.1. The Morgan fingerprint density at radius 3 is 2.92 bits per heavy atom. The van der Waals surface area contributed by atoms with Gasteiger partial charge in [-0.3, -0.25) is 9.89 Å². The maximum atomic E-state index is 14.1. The van der Waals surface area contributed by atoms with Gasteiger partial charge in [-0.2, -0.15) is 5.10 Å². The highest BCUT2D eigenvalue weighted by molar-refractivity contribution is 9.10. The van der Waals surface area contributed by atoms with Crippen LogP contribution in [0.5, 0.6) is 0 Å². The van der Waals surface area contributed by atoms with E-state index in [-0.39, 0.29) is 23.8 Å². The number of carbonyl (C=O) groups is 1. The predicted octanol–water partition coefficient (Wildman–Crippen LogP) is 3.81. The Bertz CT molecular complexity index is 1400. The van der Waals surface area contributed by atoms with Crippen LogP contribution in [0, 0.1) is 5.82 Å². The molecule has 3 heterocycles. The highest BCUT2D eigenvalue weighted by atomic mass is 79.9. The van der Waals surface area contributed by atoms with Crippen molar-refractivity contribution in [3.05, 3.63) is 75.9 Å². The third-order valence-corrected chi connectivity index (χ3v) is 6.53. The quantitative estimate of drug-likeness (QED) is 0.286. The Balaban J connectivity index is 1.33. The molecule has 2 aromatic carbocycles. The number of halogens is 2. The number of benzene rings is 2. The van der Waals surface area contributed by atoms with E-state index >= 15 is 0 Å². The smallest absolute Gasteiger partial charge is 0.254 e. The lowest BCUT2D eigenvalue weighted by atomic mass is 9.99. The second-order valence-electron chi connectivity index (χ2n) is 8.58. The molecule has 0 radical (unpaired) electrons. The van der Waals surface area contributed by atoms with Crippen LogP contribution in [0.1, 0.15) is 40.5 Å². The molecule has 11 heteroatoms. The van der Waals surface area contributed by atoms with Crippen molar-refractivity contribution in [3.8, 4) is 22.8 Å². The summed E-state index contributed by atoms with van der Waals surface area (Å²) >= 11 is 3.19. The van der Waals surface area contributed by atoms with Crippen LogP contribution in [0.4, 0.5) is 10.2 Å². The summed E-state index contributed by atoms with van der Waals surface area (Å²) in [5, 5.41) is 13.5. The number of nitrogens with zero attached hydrogens (tertiary/aromatic N) is 4. The fourth-order valence-corrected chi connectivity index (χ4v) is 4.47. The molecule has 5 rings (SSSR count). The van der Waals surface area contributed by atoms with Gasteiger partial charge in [0.05, 0.1) is 17.5 Å². The minimum Gasteiger partial charge on any atom is -0.382 e. The van der Waals surface area contributed by atoms with Gasteiger partial charge in [0.1, 0.15) is 11.5 Å². The minimum absolute atomic E-state index is 0.0150. The molecule has 1 amide bonds. The van der Waals surface area contributed by atoms with Crippen molar-refractivity contribution in [3.63, 3.8) is 0 Å². The number of hydrogen-bond acceptors (Lipinski definition) is 7. The second kappa shape index (κ2) is 10.5. The van der Waals surface area contributed by atoms with E-state index in [2.05, 4.69) is 46.7 Å². The van der Waals surface area contributed by atoms with Crippen LogP contribution < -0.4 is 16.4 Å². The molecule has 4 aromatic rings. The van der Waals surface area contributed by atoms with Crippen molar-refractivity contribution in [2.75, 3.05) is 18.8 Å². The largest absolute Gasteiger partial charge is 0.382 e. The molecule has 1 aliphatic heterocycles. The van der Waals surface area contributed by atoms with E-state index in [1.165, 1.54) is 12.1 Å². The number of nitrogens with two attached hydrogens (primary N) is 1. The van der Waals surface area contributed by atoms with E-state index in [0.717, 1.165) is 42.9 Å². The summed E-state index contributed by atoms with van der Waals surface area (Å²) in [5.74, 6) is 0.637. The van der Waals surface area contributed by atoms with Crippen LogP contribution >= 0.6 is 15.9 Å². The first-order chi connectivity index (χ1) is 17.5. The van der Waals surface area contributed by atoms with Crippen LogP contribution in [-0.2, 0) is 6.54 Å². The van der Waals surface area contributed by atoms with E-state index < -0.39 is 11.7 Å². The third-order valence-electron chi connectivity index (χ3n) is 6.04. The lowest BCUT2D eigenvalue weighted by Gasteiger charge is -2.19. The number of rotatable bonds is 6. The standard InChI is InChI=1S/C25H24BrFN8O/c26-17-6-7-18(19(27)10-17)25(36)31-11-14-3-1-4-15(9-14)20-13-30-22(28)21(32-20)24-33-23(34-35-24)16-5-2-8-29-12-16/h1,3-4,6-7,9-10,13,16,29H,2,5,8,11-12H2,(H2,28,30)(H,31,36)(H,33,34,35)/t16-/m0/s1. The maximum Gasteiger partial charge on any atom is 0.254 e. The lowest BCUT2D eigenvalue weighted by molar-refractivity contribution is 0.0947. The second-order valence-corrected chi connectivity index (χ2v) is 9.50. The van der Waals surface area contributed by atoms with Gasteiger partial charge in [-0.1, -0.05) is 34.1 Å². The molecule has 36 heavy (non-hydrogen) atoms. The minimum atomic E-state index is -0.587. The number of piperidine rings is 1. The molecule has 184 valence electrons.